The molecule has 0 aliphatic carbocycles. The summed E-state index contributed by atoms with van der Waals surface area (Å²) in [6.07, 6.45) is 0.965. The Balaban J connectivity index is 2.09. The van der Waals surface area contributed by atoms with Gasteiger partial charge in [-0.15, -0.1) is 0 Å². The van der Waals surface area contributed by atoms with Crippen LogP contribution in [0, 0.1) is 3.57 Å². The van der Waals surface area contributed by atoms with Crippen LogP contribution < -0.4 is 5.73 Å². The fraction of sp³-hybridized carbons (Fsp3) is 0.385. The number of benzene rings is 1. The first-order valence-corrected chi connectivity index (χ1v) is 7.22. The van der Waals surface area contributed by atoms with Crippen molar-refractivity contribution in [1.29, 1.82) is 0 Å². The molecule has 1 aromatic carbocycles. The minimum atomic E-state index is -0.356. The second kappa shape index (κ2) is 6.97. The number of halogens is 1. The van der Waals surface area contributed by atoms with Crippen molar-refractivity contribution in [2.75, 3.05) is 13.2 Å². The molecule has 0 aliphatic rings. The summed E-state index contributed by atoms with van der Waals surface area (Å²) in [6, 6.07) is 7.48. The van der Waals surface area contributed by atoms with E-state index >= 15 is 0 Å². The Morgan fingerprint density at radius 2 is 2.21 bits per heavy atom. The first kappa shape index (κ1) is 14.4. The molecular formula is C13H16IN3O2. The third-order valence-electron chi connectivity index (χ3n) is 2.52. The van der Waals surface area contributed by atoms with Crippen LogP contribution in [-0.2, 0) is 4.74 Å². The molecule has 102 valence electrons. The number of hydrogen-bond donors (Lipinski definition) is 1. The fourth-order valence-corrected chi connectivity index (χ4v) is 2.18. The zero-order chi connectivity index (χ0) is 13.7. The van der Waals surface area contributed by atoms with Crippen molar-refractivity contribution in [3.8, 4) is 11.5 Å². The van der Waals surface area contributed by atoms with Crippen LogP contribution in [0.2, 0.25) is 0 Å². The van der Waals surface area contributed by atoms with Crippen LogP contribution in [0.4, 0.5) is 0 Å². The smallest absolute Gasteiger partial charge is 0.259 e. The molecule has 6 heteroatoms. The van der Waals surface area contributed by atoms with E-state index in [0.717, 1.165) is 15.6 Å². The topological polar surface area (TPSA) is 74.2 Å². The van der Waals surface area contributed by atoms with Crippen LogP contribution >= 0.6 is 22.6 Å². The van der Waals surface area contributed by atoms with Crippen molar-refractivity contribution >= 4 is 22.6 Å². The molecule has 0 amide bonds. The molecule has 2 rings (SSSR count). The monoisotopic (exact) mass is 373 g/mol. The highest BCUT2D eigenvalue weighted by Crippen LogP contribution is 2.24. The number of rotatable bonds is 6. The second-order valence-electron chi connectivity index (χ2n) is 4.12. The molecule has 0 bridgehead atoms. The maximum Gasteiger partial charge on any atom is 0.259 e. The van der Waals surface area contributed by atoms with Gasteiger partial charge in [-0.1, -0.05) is 24.2 Å². The molecule has 1 aromatic heterocycles. The van der Waals surface area contributed by atoms with Gasteiger partial charge in [0.15, 0.2) is 5.82 Å². The quantitative estimate of drug-likeness (QED) is 0.623. The first-order chi connectivity index (χ1) is 9.22. The van der Waals surface area contributed by atoms with E-state index in [2.05, 4.69) is 39.7 Å². The van der Waals surface area contributed by atoms with Gasteiger partial charge in [0.1, 0.15) is 0 Å². The Kier molecular flexibility index (Phi) is 5.29. The maximum absolute atomic E-state index is 5.95. The number of nitrogens with zero attached hydrogens (tertiary/aromatic N) is 2. The average Bonchev–Trinajstić information content (AvgIpc) is 2.89. The lowest BCUT2D eigenvalue weighted by Crippen LogP contribution is -2.18. The molecule has 2 N–H and O–H groups in total. The van der Waals surface area contributed by atoms with Crippen molar-refractivity contribution in [2.24, 2.45) is 5.73 Å². The summed E-state index contributed by atoms with van der Waals surface area (Å²) in [5.41, 5.74) is 6.87. The highest BCUT2D eigenvalue weighted by molar-refractivity contribution is 14.1. The zero-order valence-corrected chi connectivity index (χ0v) is 12.8. The molecule has 5 nitrogen and oxygen atoms in total. The predicted octanol–water partition coefficient (Wildman–Crippen LogP) is 2.77. The maximum atomic E-state index is 5.95. The van der Waals surface area contributed by atoms with Crippen LogP contribution in [0.25, 0.3) is 11.5 Å². The van der Waals surface area contributed by atoms with Crippen molar-refractivity contribution in [2.45, 2.75) is 19.4 Å². The SMILES string of the molecule is CCCOCC(N)c1noc(-c2ccccc2I)n1. The number of hydrogen-bond acceptors (Lipinski definition) is 5. The van der Waals surface area contributed by atoms with E-state index in [4.69, 9.17) is 15.0 Å². The Morgan fingerprint density at radius 3 is 2.95 bits per heavy atom. The minimum Gasteiger partial charge on any atom is -0.379 e. The Morgan fingerprint density at radius 1 is 1.42 bits per heavy atom. The van der Waals surface area contributed by atoms with Crippen molar-refractivity contribution in [3.05, 3.63) is 33.7 Å². The predicted molar refractivity (Wildman–Crippen MR) is 80.5 cm³/mol. The summed E-state index contributed by atoms with van der Waals surface area (Å²) in [7, 11) is 0. The lowest BCUT2D eigenvalue weighted by Gasteiger charge is -2.06. The molecule has 0 saturated heterocycles. The van der Waals surface area contributed by atoms with Crippen molar-refractivity contribution in [1.82, 2.24) is 10.1 Å². The second-order valence-corrected chi connectivity index (χ2v) is 5.28. The van der Waals surface area contributed by atoms with Crippen LogP contribution in [0.5, 0.6) is 0 Å². The molecule has 1 unspecified atom stereocenters. The zero-order valence-electron chi connectivity index (χ0n) is 10.7. The van der Waals surface area contributed by atoms with E-state index in [0.29, 0.717) is 24.9 Å². The van der Waals surface area contributed by atoms with Crippen LogP contribution in [0.1, 0.15) is 25.2 Å². The molecule has 2 aromatic rings. The number of nitrogens with two attached hydrogens (primary N) is 1. The summed E-state index contributed by atoms with van der Waals surface area (Å²) in [5.74, 6) is 0.969. The third kappa shape index (κ3) is 3.74. The minimum absolute atomic E-state index is 0.356. The van der Waals surface area contributed by atoms with Crippen LogP contribution in [-0.4, -0.2) is 23.4 Å². The summed E-state index contributed by atoms with van der Waals surface area (Å²) in [4.78, 5) is 4.33. The van der Waals surface area contributed by atoms with Crippen LogP contribution in [0.3, 0.4) is 0 Å². The summed E-state index contributed by atoms with van der Waals surface area (Å²) >= 11 is 2.23. The van der Waals surface area contributed by atoms with Crippen LogP contribution in [0.15, 0.2) is 28.8 Å². The Labute approximate surface area is 125 Å². The van der Waals surface area contributed by atoms with E-state index in [1.54, 1.807) is 0 Å². The average molecular weight is 373 g/mol. The van der Waals surface area contributed by atoms with E-state index in [9.17, 15) is 0 Å². The Hall–Kier alpha value is -0.990. The van der Waals surface area contributed by atoms with Gasteiger partial charge in [-0.25, -0.2) is 0 Å². The highest BCUT2D eigenvalue weighted by atomic mass is 127. The van der Waals surface area contributed by atoms with Gasteiger partial charge >= 0.3 is 0 Å². The molecular weight excluding hydrogens is 357 g/mol. The largest absolute Gasteiger partial charge is 0.379 e. The van der Waals surface area contributed by atoms with E-state index in [-0.39, 0.29) is 6.04 Å². The molecule has 1 heterocycles. The molecule has 19 heavy (non-hydrogen) atoms. The summed E-state index contributed by atoms with van der Waals surface area (Å²) < 4.78 is 11.7. The standard InChI is InChI=1S/C13H16IN3O2/c1-2-7-18-8-11(15)12-16-13(19-17-12)9-5-3-4-6-10(9)14/h3-6,11H,2,7-8,15H2,1H3. The number of ether oxygens (including phenoxy) is 1. The molecule has 0 radical (unpaired) electrons. The summed E-state index contributed by atoms with van der Waals surface area (Å²) in [6.45, 7) is 3.14. The van der Waals surface area contributed by atoms with Gasteiger partial charge in [0.25, 0.3) is 5.89 Å². The van der Waals surface area contributed by atoms with Gasteiger partial charge in [0.05, 0.1) is 18.2 Å². The van der Waals surface area contributed by atoms with Gasteiger partial charge in [-0.3, -0.25) is 0 Å². The molecule has 0 aliphatic heterocycles. The third-order valence-corrected chi connectivity index (χ3v) is 3.46. The molecule has 0 spiro atoms. The van der Waals surface area contributed by atoms with Gasteiger partial charge in [0, 0.05) is 10.2 Å². The molecule has 0 fully saturated rings. The Bertz CT molecular complexity index is 530. The first-order valence-electron chi connectivity index (χ1n) is 6.14. The van der Waals surface area contributed by atoms with E-state index in [1.165, 1.54) is 0 Å². The number of aromatic nitrogens is 2. The highest BCUT2D eigenvalue weighted by Gasteiger charge is 2.16. The normalized spacial score (nSPS) is 12.6. The lowest BCUT2D eigenvalue weighted by molar-refractivity contribution is 0.119. The van der Waals surface area contributed by atoms with Crippen molar-refractivity contribution < 1.29 is 9.26 Å². The lowest BCUT2D eigenvalue weighted by atomic mass is 10.2. The van der Waals surface area contributed by atoms with Crippen molar-refractivity contribution in [3.63, 3.8) is 0 Å². The van der Waals surface area contributed by atoms with Gasteiger partial charge in [-0.05, 0) is 41.1 Å². The molecule has 1 atom stereocenters. The van der Waals surface area contributed by atoms with Gasteiger partial charge in [0.2, 0.25) is 0 Å². The van der Waals surface area contributed by atoms with Gasteiger partial charge < -0.3 is 15.0 Å². The molecule has 0 saturated carbocycles. The summed E-state index contributed by atoms with van der Waals surface area (Å²) in [5, 5.41) is 3.92. The van der Waals surface area contributed by atoms with E-state index in [1.807, 2.05) is 24.3 Å². The fourth-order valence-electron chi connectivity index (χ4n) is 1.56. The van der Waals surface area contributed by atoms with Gasteiger partial charge in [-0.2, -0.15) is 4.98 Å². The van der Waals surface area contributed by atoms with E-state index < -0.39 is 0 Å².